The Hall–Kier alpha value is -2.61. The Bertz CT molecular complexity index is 807. The summed E-state index contributed by atoms with van der Waals surface area (Å²) in [5, 5.41) is 15.4. The van der Waals surface area contributed by atoms with Crippen LogP contribution in [-0.2, 0) is 6.18 Å². The molecule has 126 valence electrons. The first kappa shape index (κ1) is 17.7. The number of alkyl halides is 3. The molecule has 0 spiro atoms. The summed E-state index contributed by atoms with van der Waals surface area (Å²) in [7, 11) is 0. The van der Waals surface area contributed by atoms with E-state index in [9.17, 15) is 23.3 Å². The molecule has 0 heterocycles. The van der Waals surface area contributed by atoms with Crippen LogP contribution in [0.25, 0.3) is 0 Å². The summed E-state index contributed by atoms with van der Waals surface area (Å²) in [5.41, 5.74) is 1.46. The molecule has 0 saturated carbocycles. The van der Waals surface area contributed by atoms with Crippen molar-refractivity contribution in [3.8, 4) is 0 Å². The van der Waals surface area contributed by atoms with Crippen LogP contribution in [0.15, 0.2) is 47.6 Å². The molecule has 2 aromatic carbocycles. The van der Waals surface area contributed by atoms with E-state index in [1.54, 1.807) is 31.2 Å². The van der Waals surface area contributed by atoms with Gasteiger partial charge in [0.25, 0.3) is 5.69 Å². The van der Waals surface area contributed by atoms with Gasteiger partial charge >= 0.3 is 6.18 Å². The van der Waals surface area contributed by atoms with E-state index in [0.29, 0.717) is 22.4 Å². The van der Waals surface area contributed by atoms with Crippen molar-refractivity contribution in [3.63, 3.8) is 0 Å². The number of hydrazone groups is 1. The minimum atomic E-state index is -4.67. The molecule has 0 fully saturated rings. The summed E-state index contributed by atoms with van der Waals surface area (Å²) in [6.07, 6.45) is -4.67. The van der Waals surface area contributed by atoms with Gasteiger partial charge in [-0.1, -0.05) is 29.8 Å². The first-order valence-electron chi connectivity index (χ1n) is 6.61. The molecular weight excluding hydrogens is 347 g/mol. The monoisotopic (exact) mass is 357 g/mol. The fourth-order valence-corrected chi connectivity index (χ4v) is 2.18. The van der Waals surface area contributed by atoms with Gasteiger partial charge < -0.3 is 0 Å². The lowest BCUT2D eigenvalue weighted by Crippen LogP contribution is -2.07. The number of halogens is 4. The Balaban J connectivity index is 2.34. The van der Waals surface area contributed by atoms with Crippen LogP contribution in [-0.4, -0.2) is 10.6 Å². The van der Waals surface area contributed by atoms with Crippen molar-refractivity contribution >= 4 is 28.7 Å². The van der Waals surface area contributed by atoms with Crippen LogP contribution in [0.1, 0.15) is 18.1 Å². The lowest BCUT2D eigenvalue weighted by atomic mass is 10.1. The molecule has 0 bridgehead atoms. The van der Waals surface area contributed by atoms with E-state index < -0.39 is 22.4 Å². The lowest BCUT2D eigenvalue weighted by Gasteiger charge is -2.09. The van der Waals surface area contributed by atoms with Crippen molar-refractivity contribution in [1.29, 1.82) is 0 Å². The van der Waals surface area contributed by atoms with Crippen LogP contribution in [0.4, 0.5) is 24.5 Å². The molecule has 0 saturated heterocycles. The molecule has 0 aliphatic carbocycles. The normalized spacial score (nSPS) is 12.1. The summed E-state index contributed by atoms with van der Waals surface area (Å²) in [4.78, 5) is 10.1. The third-order valence-electron chi connectivity index (χ3n) is 3.13. The van der Waals surface area contributed by atoms with Crippen molar-refractivity contribution in [2.24, 2.45) is 5.10 Å². The van der Waals surface area contributed by atoms with Gasteiger partial charge in [0, 0.05) is 16.7 Å². The predicted molar refractivity (Wildman–Crippen MR) is 85.4 cm³/mol. The highest BCUT2D eigenvalue weighted by Gasteiger charge is 2.33. The maximum Gasteiger partial charge on any atom is 0.416 e. The molecular formula is C15H11ClF3N3O2. The highest BCUT2D eigenvalue weighted by molar-refractivity contribution is 6.34. The van der Waals surface area contributed by atoms with Crippen molar-refractivity contribution in [1.82, 2.24) is 0 Å². The first-order valence-corrected chi connectivity index (χ1v) is 6.99. The van der Waals surface area contributed by atoms with Crippen LogP contribution < -0.4 is 5.43 Å². The van der Waals surface area contributed by atoms with E-state index in [-0.39, 0.29) is 5.69 Å². The summed E-state index contributed by atoms with van der Waals surface area (Å²) in [6, 6.07) is 8.98. The number of hydrogen-bond donors (Lipinski definition) is 1. The van der Waals surface area contributed by atoms with E-state index in [1.165, 1.54) is 0 Å². The molecule has 0 amide bonds. The molecule has 2 rings (SSSR count). The molecule has 0 unspecified atom stereocenters. The maximum atomic E-state index is 12.7. The smallest absolute Gasteiger partial charge is 0.271 e. The molecule has 0 aliphatic rings. The van der Waals surface area contributed by atoms with Gasteiger partial charge in [-0.2, -0.15) is 18.3 Å². The van der Waals surface area contributed by atoms with Crippen LogP contribution >= 0.6 is 11.6 Å². The third-order valence-corrected chi connectivity index (χ3v) is 3.46. The summed E-state index contributed by atoms with van der Waals surface area (Å²) >= 11 is 6.01. The topological polar surface area (TPSA) is 67.5 Å². The Morgan fingerprint density at radius 3 is 2.50 bits per heavy atom. The first-order chi connectivity index (χ1) is 11.2. The standard InChI is InChI=1S/C15H11ClF3N3O2/c1-9(11-4-2-3-5-12(11)16)20-21-13-7-6-10(15(17,18)19)8-14(13)22(23)24/h2-8,21H,1H3. The quantitative estimate of drug-likeness (QED) is 0.470. The Morgan fingerprint density at radius 1 is 1.25 bits per heavy atom. The second-order valence-electron chi connectivity index (χ2n) is 4.78. The molecule has 0 aliphatic heterocycles. The molecule has 0 aromatic heterocycles. The average Bonchev–Trinajstić information content (AvgIpc) is 2.51. The number of anilines is 1. The van der Waals surface area contributed by atoms with Gasteiger partial charge in [-0.05, 0) is 25.1 Å². The number of benzene rings is 2. The summed E-state index contributed by atoms with van der Waals surface area (Å²) in [6.45, 7) is 1.62. The van der Waals surface area contributed by atoms with Gasteiger partial charge in [-0.3, -0.25) is 15.5 Å². The zero-order valence-corrected chi connectivity index (χ0v) is 13.0. The number of hydrogen-bond acceptors (Lipinski definition) is 4. The van der Waals surface area contributed by atoms with E-state index in [0.717, 1.165) is 12.1 Å². The zero-order chi connectivity index (χ0) is 17.9. The van der Waals surface area contributed by atoms with E-state index in [4.69, 9.17) is 11.6 Å². The fourth-order valence-electron chi connectivity index (χ4n) is 1.91. The van der Waals surface area contributed by atoms with Gasteiger partial charge in [-0.25, -0.2) is 0 Å². The third kappa shape index (κ3) is 4.02. The lowest BCUT2D eigenvalue weighted by molar-refractivity contribution is -0.384. The molecule has 2 aromatic rings. The second-order valence-corrected chi connectivity index (χ2v) is 5.18. The zero-order valence-electron chi connectivity index (χ0n) is 12.3. The molecule has 24 heavy (non-hydrogen) atoms. The van der Waals surface area contributed by atoms with Gasteiger partial charge in [0.2, 0.25) is 0 Å². The number of nitro groups is 1. The minimum absolute atomic E-state index is 0.153. The maximum absolute atomic E-state index is 12.7. The summed E-state index contributed by atoms with van der Waals surface area (Å²) in [5.74, 6) is 0. The fraction of sp³-hybridized carbons (Fsp3) is 0.133. The number of nitrogens with zero attached hydrogens (tertiary/aromatic N) is 2. The second kappa shape index (κ2) is 6.88. The van der Waals surface area contributed by atoms with Crippen LogP contribution in [0, 0.1) is 10.1 Å². The van der Waals surface area contributed by atoms with Crippen LogP contribution in [0.3, 0.4) is 0 Å². The highest BCUT2D eigenvalue weighted by atomic mass is 35.5. The van der Waals surface area contributed by atoms with Crippen LogP contribution in [0.2, 0.25) is 5.02 Å². The average molecular weight is 358 g/mol. The van der Waals surface area contributed by atoms with E-state index in [1.807, 2.05) is 0 Å². The molecule has 9 heteroatoms. The highest BCUT2D eigenvalue weighted by Crippen LogP contribution is 2.35. The Morgan fingerprint density at radius 2 is 1.92 bits per heavy atom. The molecule has 5 nitrogen and oxygen atoms in total. The minimum Gasteiger partial charge on any atom is -0.271 e. The van der Waals surface area contributed by atoms with Crippen molar-refractivity contribution in [3.05, 3.63) is 68.7 Å². The molecule has 0 atom stereocenters. The van der Waals surface area contributed by atoms with Crippen molar-refractivity contribution in [2.45, 2.75) is 13.1 Å². The Kier molecular flexibility index (Phi) is 5.08. The van der Waals surface area contributed by atoms with Crippen LogP contribution in [0.5, 0.6) is 0 Å². The van der Waals surface area contributed by atoms with Crippen molar-refractivity contribution < 1.29 is 18.1 Å². The van der Waals surface area contributed by atoms with Gasteiger partial charge in [0.15, 0.2) is 0 Å². The SMILES string of the molecule is CC(=NNc1ccc(C(F)(F)F)cc1[N+](=O)[O-])c1ccccc1Cl. The van der Waals surface area contributed by atoms with Gasteiger partial charge in [-0.15, -0.1) is 0 Å². The van der Waals surface area contributed by atoms with E-state index in [2.05, 4.69) is 10.5 Å². The van der Waals surface area contributed by atoms with Gasteiger partial charge in [0.05, 0.1) is 16.2 Å². The Labute approximate surface area is 139 Å². The largest absolute Gasteiger partial charge is 0.416 e. The number of nitro benzene ring substituents is 1. The predicted octanol–water partition coefficient (Wildman–Crippen LogP) is 5.10. The van der Waals surface area contributed by atoms with E-state index >= 15 is 0 Å². The summed E-state index contributed by atoms with van der Waals surface area (Å²) < 4.78 is 38.0. The van der Waals surface area contributed by atoms with Crippen molar-refractivity contribution in [2.75, 3.05) is 5.43 Å². The van der Waals surface area contributed by atoms with Gasteiger partial charge in [0.1, 0.15) is 5.69 Å². The molecule has 0 radical (unpaired) electrons. The number of rotatable bonds is 4. The molecule has 1 N–H and O–H groups in total. The number of nitrogens with one attached hydrogen (secondary N) is 1.